The zero-order valence-corrected chi connectivity index (χ0v) is 13.8. The van der Waals surface area contributed by atoms with E-state index in [1.165, 1.54) is 36.4 Å². The standard InChI is InChI=1S/C16H15FN2O2S2/c17-14-4-6-15(7-5-14)22-11-1-10-19-23(20,21)16-8-2-13(12-18)3-9-16/h2-9,19H,1,10-11H2. The molecule has 23 heavy (non-hydrogen) atoms. The minimum Gasteiger partial charge on any atom is -0.211 e. The molecule has 1 N–H and O–H groups in total. The van der Waals surface area contributed by atoms with Crippen LogP contribution in [0.4, 0.5) is 4.39 Å². The van der Waals surface area contributed by atoms with E-state index in [2.05, 4.69) is 4.72 Å². The SMILES string of the molecule is N#Cc1ccc(S(=O)(=O)NCCCSc2ccc(F)cc2)cc1. The van der Waals surface area contributed by atoms with Crippen molar-refractivity contribution in [2.75, 3.05) is 12.3 Å². The van der Waals surface area contributed by atoms with Gasteiger partial charge in [-0.2, -0.15) is 5.26 Å². The quantitative estimate of drug-likeness (QED) is 0.615. The molecule has 2 aromatic rings. The van der Waals surface area contributed by atoms with Gasteiger partial charge in [-0.3, -0.25) is 0 Å². The van der Waals surface area contributed by atoms with Gasteiger partial charge in [-0.15, -0.1) is 11.8 Å². The molecule has 0 atom stereocenters. The molecule has 0 aliphatic rings. The first-order valence-corrected chi connectivity index (χ1v) is 9.36. The molecule has 0 bridgehead atoms. The summed E-state index contributed by atoms with van der Waals surface area (Å²) in [5.74, 6) is 0.450. The first-order valence-electron chi connectivity index (χ1n) is 6.89. The highest BCUT2D eigenvalue weighted by Crippen LogP contribution is 2.18. The van der Waals surface area contributed by atoms with Gasteiger partial charge in [0.25, 0.3) is 0 Å². The van der Waals surface area contributed by atoms with Crippen molar-refractivity contribution in [1.29, 1.82) is 5.26 Å². The molecule has 0 fully saturated rings. The molecule has 0 amide bonds. The second kappa shape index (κ2) is 8.11. The molecule has 120 valence electrons. The highest BCUT2D eigenvalue weighted by Gasteiger charge is 2.12. The molecular weight excluding hydrogens is 335 g/mol. The summed E-state index contributed by atoms with van der Waals surface area (Å²) in [5.41, 5.74) is 0.416. The summed E-state index contributed by atoms with van der Waals surface area (Å²) in [6.07, 6.45) is 0.650. The highest BCUT2D eigenvalue weighted by molar-refractivity contribution is 7.99. The van der Waals surface area contributed by atoms with Crippen LogP contribution in [-0.2, 0) is 10.0 Å². The summed E-state index contributed by atoms with van der Waals surface area (Å²) < 4.78 is 39.4. The maximum Gasteiger partial charge on any atom is 0.240 e. The molecule has 0 spiro atoms. The molecule has 4 nitrogen and oxygen atoms in total. The van der Waals surface area contributed by atoms with Crippen LogP contribution in [0, 0.1) is 17.1 Å². The van der Waals surface area contributed by atoms with E-state index in [1.54, 1.807) is 23.9 Å². The molecular formula is C16H15FN2O2S2. The normalized spacial score (nSPS) is 11.1. The van der Waals surface area contributed by atoms with Crippen LogP contribution in [0.1, 0.15) is 12.0 Å². The summed E-state index contributed by atoms with van der Waals surface area (Å²) in [4.78, 5) is 1.09. The van der Waals surface area contributed by atoms with Crippen LogP contribution in [0.25, 0.3) is 0 Å². The number of nitrogens with zero attached hydrogens (tertiary/aromatic N) is 1. The van der Waals surface area contributed by atoms with Gasteiger partial charge >= 0.3 is 0 Å². The number of nitrogens with one attached hydrogen (secondary N) is 1. The van der Waals surface area contributed by atoms with E-state index >= 15 is 0 Å². The van der Waals surface area contributed by atoms with Gasteiger partial charge in [-0.25, -0.2) is 17.5 Å². The zero-order chi connectivity index (χ0) is 16.7. The van der Waals surface area contributed by atoms with Gasteiger partial charge in [0, 0.05) is 11.4 Å². The van der Waals surface area contributed by atoms with Crippen molar-refractivity contribution in [1.82, 2.24) is 4.72 Å². The second-order valence-corrected chi connectivity index (χ2v) is 7.63. The fourth-order valence-corrected chi connectivity index (χ4v) is 3.72. The van der Waals surface area contributed by atoms with Crippen molar-refractivity contribution >= 4 is 21.8 Å². The van der Waals surface area contributed by atoms with Gasteiger partial charge in [0.1, 0.15) is 5.82 Å². The highest BCUT2D eigenvalue weighted by atomic mass is 32.2. The number of hydrogen-bond donors (Lipinski definition) is 1. The molecule has 2 aromatic carbocycles. The molecule has 0 aliphatic heterocycles. The lowest BCUT2D eigenvalue weighted by Gasteiger charge is -2.07. The Labute approximate surface area is 139 Å². The summed E-state index contributed by atoms with van der Waals surface area (Å²) in [7, 11) is -3.55. The Hall–Kier alpha value is -1.88. The lowest BCUT2D eigenvalue weighted by atomic mass is 10.2. The van der Waals surface area contributed by atoms with Crippen molar-refractivity contribution in [2.24, 2.45) is 0 Å². The van der Waals surface area contributed by atoms with Crippen LogP contribution in [0.15, 0.2) is 58.3 Å². The van der Waals surface area contributed by atoms with E-state index < -0.39 is 10.0 Å². The summed E-state index contributed by atoms with van der Waals surface area (Å²) >= 11 is 1.54. The number of benzene rings is 2. The van der Waals surface area contributed by atoms with Gasteiger partial charge in [-0.05, 0) is 60.7 Å². The summed E-state index contributed by atoms with van der Waals surface area (Å²) in [6, 6.07) is 13.9. The third kappa shape index (κ3) is 5.36. The number of halogens is 1. The Morgan fingerprint density at radius 1 is 1.09 bits per heavy atom. The molecule has 0 unspecified atom stereocenters. The summed E-state index contributed by atoms with van der Waals surface area (Å²) in [5, 5.41) is 8.70. The van der Waals surface area contributed by atoms with Crippen LogP contribution in [0.3, 0.4) is 0 Å². The second-order valence-electron chi connectivity index (χ2n) is 4.69. The van der Waals surface area contributed by atoms with E-state index in [0.717, 1.165) is 10.6 Å². The molecule has 0 heterocycles. The van der Waals surface area contributed by atoms with E-state index in [0.29, 0.717) is 18.5 Å². The van der Waals surface area contributed by atoms with Crippen molar-refractivity contribution in [3.63, 3.8) is 0 Å². The third-order valence-electron chi connectivity index (χ3n) is 2.99. The Bertz CT molecular complexity index is 782. The Balaban J connectivity index is 1.78. The van der Waals surface area contributed by atoms with Crippen molar-refractivity contribution in [3.8, 4) is 6.07 Å². The van der Waals surface area contributed by atoms with Crippen molar-refractivity contribution in [2.45, 2.75) is 16.2 Å². The predicted molar refractivity (Wildman–Crippen MR) is 88.1 cm³/mol. The van der Waals surface area contributed by atoms with Gasteiger partial charge in [0.2, 0.25) is 10.0 Å². The van der Waals surface area contributed by atoms with Crippen LogP contribution >= 0.6 is 11.8 Å². The first kappa shape index (κ1) is 17.5. The smallest absolute Gasteiger partial charge is 0.211 e. The predicted octanol–water partition coefficient (Wildman–Crippen LogP) is 3.16. The number of rotatable bonds is 7. The Morgan fingerprint density at radius 2 is 1.74 bits per heavy atom. The fraction of sp³-hybridized carbons (Fsp3) is 0.188. The molecule has 0 saturated heterocycles. The van der Waals surface area contributed by atoms with E-state index in [-0.39, 0.29) is 10.7 Å². The van der Waals surface area contributed by atoms with Gasteiger partial charge in [-0.1, -0.05) is 0 Å². The maximum absolute atomic E-state index is 12.8. The maximum atomic E-state index is 12.8. The van der Waals surface area contributed by atoms with Crippen LogP contribution in [0.2, 0.25) is 0 Å². The fourth-order valence-electron chi connectivity index (χ4n) is 1.79. The van der Waals surface area contributed by atoms with Crippen molar-refractivity contribution in [3.05, 3.63) is 59.9 Å². The zero-order valence-electron chi connectivity index (χ0n) is 12.2. The summed E-state index contributed by atoms with van der Waals surface area (Å²) in [6.45, 7) is 0.316. The minimum atomic E-state index is -3.55. The topological polar surface area (TPSA) is 70.0 Å². The largest absolute Gasteiger partial charge is 0.240 e. The molecule has 0 aliphatic carbocycles. The van der Waals surface area contributed by atoms with Crippen LogP contribution in [0.5, 0.6) is 0 Å². The molecule has 0 saturated carbocycles. The average molecular weight is 350 g/mol. The molecule has 0 aromatic heterocycles. The van der Waals surface area contributed by atoms with Crippen LogP contribution < -0.4 is 4.72 Å². The number of sulfonamides is 1. The third-order valence-corrected chi connectivity index (χ3v) is 5.56. The lowest BCUT2D eigenvalue weighted by Crippen LogP contribution is -2.25. The Kier molecular flexibility index (Phi) is 6.16. The number of hydrogen-bond acceptors (Lipinski definition) is 4. The first-order chi connectivity index (χ1) is 11.0. The van der Waals surface area contributed by atoms with Gasteiger partial charge < -0.3 is 0 Å². The van der Waals surface area contributed by atoms with Gasteiger partial charge in [0.15, 0.2) is 0 Å². The van der Waals surface area contributed by atoms with Gasteiger partial charge in [0.05, 0.1) is 16.5 Å². The molecule has 0 radical (unpaired) electrons. The minimum absolute atomic E-state index is 0.141. The lowest BCUT2D eigenvalue weighted by molar-refractivity contribution is 0.581. The monoisotopic (exact) mass is 350 g/mol. The van der Waals surface area contributed by atoms with E-state index in [1.807, 2.05) is 6.07 Å². The van der Waals surface area contributed by atoms with Crippen LogP contribution in [-0.4, -0.2) is 20.7 Å². The molecule has 7 heteroatoms. The molecule has 2 rings (SSSR count). The van der Waals surface area contributed by atoms with E-state index in [4.69, 9.17) is 5.26 Å². The number of nitriles is 1. The number of thioether (sulfide) groups is 1. The average Bonchev–Trinajstić information content (AvgIpc) is 2.56. The Morgan fingerprint density at radius 3 is 2.35 bits per heavy atom. The van der Waals surface area contributed by atoms with Crippen molar-refractivity contribution < 1.29 is 12.8 Å². The van der Waals surface area contributed by atoms with E-state index in [9.17, 15) is 12.8 Å².